The monoisotopic (exact) mass is 850 g/mol. The van der Waals surface area contributed by atoms with Gasteiger partial charge in [0.25, 0.3) is 0 Å². The average Bonchev–Trinajstić information content (AvgIpc) is 4.02. The first-order chi connectivity index (χ1) is 30.3. The Balaban J connectivity index is 1.22. The summed E-state index contributed by atoms with van der Waals surface area (Å²) in [6, 6.07) is 12.9. The molecule has 7 N–H and O–H groups in total. The van der Waals surface area contributed by atoms with Crippen molar-refractivity contribution < 1.29 is 0 Å². The van der Waals surface area contributed by atoms with Gasteiger partial charge in [0.15, 0.2) is 6.29 Å². The molecular formula is C50H67N13. The quantitative estimate of drug-likeness (QED) is 0.0778. The molecule has 2 unspecified atom stereocenters. The molecule has 5 aromatic rings. The fraction of sp³-hybridized carbons (Fsp3) is 0.420. The van der Waals surface area contributed by atoms with Gasteiger partial charge in [-0.15, -0.1) is 0 Å². The van der Waals surface area contributed by atoms with Gasteiger partial charge in [-0.3, -0.25) is 9.36 Å². The van der Waals surface area contributed by atoms with Crippen molar-refractivity contribution in [1.29, 1.82) is 0 Å². The van der Waals surface area contributed by atoms with E-state index in [1.54, 1.807) is 0 Å². The smallest absolute Gasteiger partial charge is 0.208 e. The molecule has 0 bridgehead atoms. The number of nitrogens with zero attached hydrogens (tertiary/aromatic N) is 8. The Morgan fingerprint density at radius 2 is 1.35 bits per heavy atom. The molecule has 0 saturated carbocycles. The number of aryl methyl sites for hydroxylation is 6. The summed E-state index contributed by atoms with van der Waals surface area (Å²) in [7, 11) is 2.25. The molecule has 13 nitrogen and oxygen atoms in total. The number of imidazole rings is 1. The third-order valence-corrected chi connectivity index (χ3v) is 13.2. The maximum Gasteiger partial charge on any atom is 0.208 e. The molecular weight excluding hydrogens is 783 g/mol. The first-order valence-corrected chi connectivity index (χ1v) is 22.8. The van der Waals surface area contributed by atoms with Gasteiger partial charge in [-0.05, 0) is 163 Å². The standard InChI is InChI=1S/C50H67N13/c1-10-62-45(24-31(3)57-62)35(7)53-49-55-43-29-41(33(5)51)27-39-16-14-37(26-38-18-22-59(9)23-19-38)15-17-40-28-42(34(6)52)30-44-48(40)61(21-13-12-20-60(49)47(39)43)50(56-44)54-36(8)46-25-32(4)58-63(46)11-2/h12-13,24-25,27-30,37-38,49,53,55H,5-8,10-11,14-23,26,51-52H2,1-4,9H3,(H,54,56)/b13-12+. The second kappa shape index (κ2) is 18.3. The number of rotatable bonds is 12. The number of allylic oxidation sites excluding steroid dienone is 1. The van der Waals surface area contributed by atoms with Crippen molar-refractivity contribution in [1.82, 2.24) is 39.3 Å². The molecule has 63 heavy (non-hydrogen) atoms. The highest BCUT2D eigenvalue weighted by atomic mass is 15.4. The fourth-order valence-corrected chi connectivity index (χ4v) is 9.92. The highest BCUT2D eigenvalue weighted by Crippen LogP contribution is 2.42. The summed E-state index contributed by atoms with van der Waals surface area (Å²) in [6.07, 6.45) is 11.8. The van der Waals surface area contributed by atoms with Crippen LogP contribution in [-0.2, 0) is 32.5 Å². The topological polar surface area (TPSA) is 148 Å². The van der Waals surface area contributed by atoms with Gasteiger partial charge in [-0.1, -0.05) is 38.5 Å². The van der Waals surface area contributed by atoms with Crippen molar-refractivity contribution in [2.24, 2.45) is 23.3 Å². The van der Waals surface area contributed by atoms with Crippen molar-refractivity contribution in [3.63, 3.8) is 0 Å². The van der Waals surface area contributed by atoms with E-state index in [-0.39, 0.29) is 6.29 Å². The van der Waals surface area contributed by atoms with E-state index in [2.05, 4.69) is 126 Å². The van der Waals surface area contributed by atoms with Crippen molar-refractivity contribution >= 4 is 51.1 Å². The number of hydrogen-bond donors (Lipinski definition) is 5. The van der Waals surface area contributed by atoms with Crippen LogP contribution >= 0.6 is 0 Å². The van der Waals surface area contributed by atoms with Gasteiger partial charge < -0.3 is 41.8 Å². The summed E-state index contributed by atoms with van der Waals surface area (Å²) in [4.78, 5) is 10.2. The highest BCUT2D eigenvalue weighted by Gasteiger charge is 2.33. The van der Waals surface area contributed by atoms with Crippen LogP contribution in [0.25, 0.3) is 33.8 Å². The van der Waals surface area contributed by atoms with Crippen LogP contribution in [0.4, 0.5) is 17.3 Å². The average molecular weight is 850 g/mol. The molecule has 2 atom stereocenters. The predicted octanol–water partition coefficient (Wildman–Crippen LogP) is 8.29. The van der Waals surface area contributed by atoms with Gasteiger partial charge in [0.2, 0.25) is 5.95 Å². The maximum absolute atomic E-state index is 6.46. The second-order valence-electron chi connectivity index (χ2n) is 17.9. The highest BCUT2D eigenvalue weighted by molar-refractivity contribution is 5.88. The van der Waals surface area contributed by atoms with E-state index >= 15 is 0 Å². The zero-order valence-electron chi connectivity index (χ0n) is 38.1. The minimum atomic E-state index is -0.278. The largest absolute Gasteiger partial charge is 0.399 e. The maximum atomic E-state index is 6.46. The van der Waals surface area contributed by atoms with E-state index in [9.17, 15) is 0 Å². The van der Waals surface area contributed by atoms with Crippen LogP contribution in [0.15, 0.2) is 74.9 Å². The van der Waals surface area contributed by atoms with Crippen LogP contribution in [0.5, 0.6) is 0 Å². The Morgan fingerprint density at radius 3 is 2.00 bits per heavy atom. The van der Waals surface area contributed by atoms with E-state index in [1.807, 2.05) is 23.2 Å². The summed E-state index contributed by atoms with van der Waals surface area (Å²) in [5.41, 5.74) is 27.9. The third kappa shape index (κ3) is 9.15. The first-order valence-electron chi connectivity index (χ1n) is 22.8. The molecule has 1 saturated heterocycles. The summed E-state index contributed by atoms with van der Waals surface area (Å²) in [6.45, 7) is 30.6. The fourth-order valence-electron chi connectivity index (χ4n) is 9.92. The number of hydrogen-bond acceptors (Lipinski definition) is 10. The zero-order valence-corrected chi connectivity index (χ0v) is 38.1. The van der Waals surface area contributed by atoms with Gasteiger partial charge in [-0.25, -0.2) is 4.98 Å². The lowest BCUT2D eigenvalue weighted by Gasteiger charge is -2.32. The van der Waals surface area contributed by atoms with Crippen LogP contribution in [0.3, 0.4) is 0 Å². The van der Waals surface area contributed by atoms with Crippen LogP contribution in [0, 0.1) is 25.7 Å². The number of aromatic nitrogens is 6. The molecule has 332 valence electrons. The lowest BCUT2D eigenvalue weighted by atomic mass is 9.81. The molecule has 3 aromatic heterocycles. The molecule has 8 rings (SSSR count). The van der Waals surface area contributed by atoms with Gasteiger partial charge in [0, 0.05) is 37.6 Å². The lowest BCUT2D eigenvalue weighted by molar-refractivity contribution is 0.190. The minimum absolute atomic E-state index is 0.278. The van der Waals surface area contributed by atoms with Crippen molar-refractivity contribution in [2.75, 3.05) is 42.2 Å². The van der Waals surface area contributed by atoms with E-state index in [4.69, 9.17) is 26.6 Å². The SMILES string of the molecule is C=C(N)c1cc2c3c(c1)NC(NC(=C)c1cc(C)nn1CC)N3C/C=C/Cn1c(NC(=C)c3cc(C)nn3CC)nc3cc(C(=C)N)cc(c31)CCC(CC1CCN(C)CC1)CC2. The first kappa shape index (κ1) is 43.4. The summed E-state index contributed by atoms with van der Waals surface area (Å²) in [5.74, 6) is 1.90. The molecule has 1 fully saturated rings. The van der Waals surface area contributed by atoms with E-state index in [0.717, 1.165) is 120 Å². The molecule has 0 spiro atoms. The number of nitrogens with two attached hydrogens (primary N) is 2. The van der Waals surface area contributed by atoms with Gasteiger partial charge in [-0.2, -0.15) is 10.2 Å². The number of nitrogens with one attached hydrogen (secondary N) is 3. The molecule has 3 aliphatic heterocycles. The molecule has 0 amide bonds. The van der Waals surface area contributed by atoms with Gasteiger partial charge in [0.1, 0.15) is 0 Å². The number of benzene rings is 2. The third-order valence-electron chi connectivity index (χ3n) is 13.2. The Bertz CT molecular complexity index is 2570. The van der Waals surface area contributed by atoms with E-state index < -0.39 is 0 Å². The Kier molecular flexibility index (Phi) is 12.6. The minimum Gasteiger partial charge on any atom is -0.399 e. The number of likely N-dealkylation sites (tertiary alicyclic amines) is 1. The van der Waals surface area contributed by atoms with Crippen LogP contribution in [-0.4, -0.2) is 67.0 Å². The van der Waals surface area contributed by atoms with Gasteiger partial charge >= 0.3 is 0 Å². The lowest BCUT2D eigenvalue weighted by Crippen LogP contribution is -2.46. The van der Waals surface area contributed by atoms with Gasteiger partial charge in [0.05, 0.1) is 56.6 Å². The molecule has 2 aromatic carbocycles. The number of anilines is 3. The molecule has 3 aliphatic rings. The van der Waals surface area contributed by atoms with Crippen molar-refractivity contribution in [3.8, 4) is 0 Å². The summed E-state index contributed by atoms with van der Waals surface area (Å²) < 4.78 is 6.27. The molecule has 0 aliphatic carbocycles. The molecule has 0 radical (unpaired) electrons. The van der Waals surface area contributed by atoms with Crippen molar-refractivity contribution in [3.05, 3.63) is 120 Å². The van der Waals surface area contributed by atoms with Crippen LogP contribution in [0.1, 0.15) is 91.0 Å². The summed E-state index contributed by atoms with van der Waals surface area (Å²) in [5, 5.41) is 20.6. The normalized spacial score (nSPS) is 18.9. The Labute approximate surface area is 373 Å². The van der Waals surface area contributed by atoms with E-state index in [1.165, 1.54) is 36.1 Å². The molecule has 6 heterocycles. The van der Waals surface area contributed by atoms with Crippen LogP contribution < -0.4 is 32.3 Å². The zero-order chi connectivity index (χ0) is 44.5. The number of piperidine rings is 1. The van der Waals surface area contributed by atoms with E-state index in [0.29, 0.717) is 36.3 Å². The van der Waals surface area contributed by atoms with Crippen molar-refractivity contribution in [2.45, 2.75) is 98.6 Å². The Morgan fingerprint density at radius 1 is 0.762 bits per heavy atom. The predicted molar refractivity (Wildman–Crippen MR) is 262 cm³/mol. The molecule has 13 heteroatoms. The summed E-state index contributed by atoms with van der Waals surface area (Å²) >= 11 is 0. The second-order valence-corrected chi connectivity index (χ2v) is 17.9. The van der Waals surface area contributed by atoms with Crippen LogP contribution in [0.2, 0.25) is 0 Å². The Hall–Kier alpha value is -6.21.